The Balaban J connectivity index is 0.00000400. The van der Waals surface area contributed by atoms with E-state index in [2.05, 4.69) is 10.6 Å². The number of nitrogens with one attached hydrogen (secondary N) is 2. The highest BCUT2D eigenvalue weighted by Crippen LogP contribution is 2.12. The van der Waals surface area contributed by atoms with Crippen LogP contribution in [0.15, 0.2) is 24.3 Å². The summed E-state index contributed by atoms with van der Waals surface area (Å²) in [7, 11) is 1.63. The van der Waals surface area contributed by atoms with Crippen molar-refractivity contribution in [3.8, 4) is 5.75 Å². The Morgan fingerprint density at radius 3 is 2.48 bits per heavy atom. The highest BCUT2D eigenvalue weighted by Gasteiger charge is 2.07. The maximum Gasteiger partial charge on any atom is 0.251 e. The van der Waals surface area contributed by atoms with E-state index in [-0.39, 0.29) is 24.4 Å². The van der Waals surface area contributed by atoms with E-state index in [1.807, 2.05) is 13.8 Å². The van der Waals surface area contributed by atoms with Crippen LogP contribution < -0.4 is 15.4 Å². The molecule has 0 aliphatic heterocycles. The van der Waals surface area contributed by atoms with Gasteiger partial charge < -0.3 is 20.1 Å². The number of benzene rings is 1. The molecule has 1 rings (SSSR count). The van der Waals surface area contributed by atoms with E-state index in [1.165, 1.54) is 0 Å². The second-order valence-corrected chi connectivity index (χ2v) is 4.53. The van der Waals surface area contributed by atoms with Gasteiger partial charge in [0.2, 0.25) is 0 Å². The molecule has 120 valence electrons. The molecule has 0 radical (unpaired) electrons. The molecular weight excluding hydrogens is 292 g/mol. The normalized spacial score (nSPS) is 11.4. The van der Waals surface area contributed by atoms with E-state index in [0.717, 1.165) is 12.3 Å². The second kappa shape index (κ2) is 11.4. The zero-order chi connectivity index (χ0) is 14.8. The van der Waals surface area contributed by atoms with Crippen LogP contribution in [0.1, 0.15) is 24.2 Å². The molecule has 0 saturated carbocycles. The molecule has 21 heavy (non-hydrogen) atoms. The van der Waals surface area contributed by atoms with Gasteiger partial charge in [-0.25, -0.2) is 0 Å². The van der Waals surface area contributed by atoms with Crippen LogP contribution in [0.3, 0.4) is 0 Å². The van der Waals surface area contributed by atoms with Gasteiger partial charge in [0.1, 0.15) is 12.4 Å². The lowest BCUT2D eigenvalue weighted by molar-refractivity contribution is 0.0950. The number of carbonyl (C=O) groups is 1. The van der Waals surface area contributed by atoms with Crippen molar-refractivity contribution < 1.29 is 14.3 Å². The van der Waals surface area contributed by atoms with Gasteiger partial charge in [0, 0.05) is 25.3 Å². The van der Waals surface area contributed by atoms with Crippen molar-refractivity contribution in [1.82, 2.24) is 10.6 Å². The number of likely N-dealkylation sites (N-methyl/N-ethyl adjacent to an activating group) is 1. The molecule has 1 aromatic rings. The summed E-state index contributed by atoms with van der Waals surface area (Å²) < 4.78 is 10.3. The first-order valence-electron chi connectivity index (χ1n) is 6.90. The molecule has 0 saturated heterocycles. The topological polar surface area (TPSA) is 59.6 Å². The van der Waals surface area contributed by atoms with Crippen LogP contribution in [-0.4, -0.2) is 45.4 Å². The lowest BCUT2D eigenvalue weighted by atomic mass is 10.2. The number of halogens is 1. The Labute approximate surface area is 132 Å². The van der Waals surface area contributed by atoms with E-state index in [4.69, 9.17) is 9.47 Å². The average Bonchev–Trinajstić information content (AvgIpc) is 2.46. The van der Waals surface area contributed by atoms with Crippen molar-refractivity contribution >= 4 is 18.3 Å². The number of rotatable bonds is 9. The number of hydrogen-bond donors (Lipinski definition) is 2. The van der Waals surface area contributed by atoms with Crippen LogP contribution in [0.5, 0.6) is 5.75 Å². The van der Waals surface area contributed by atoms with Gasteiger partial charge in [-0.2, -0.15) is 0 Å². The van der Waals surface area contributed by atoms with Crippen LogP contribution in [-0.2, 0) is 4.74 Å². The Bertz CT molecular complexity index is 398. The SMILES string of the molecule is CCN[C@H](C)CNC(=O)c1ccc(OCCOC)cc1.Cl. The predicted octanol–water partition coefficient (Wildman–Crippen LogP) is 1.86. The van der Waals surface area contributed by atoms with E-state index in [1.54, 1.807) is 31.4 Å². The van der Waals surface area contributed by atoms with E-state index >= 15 is 0 Å². The first-order chi connectivity index (χ1) is 9.67. The third-order valence-corrected chi connectivity index (χ3v) is 2.79. The molecular formula is C15H25ClN2O3. The Kier molecular flexibility index (Phi) is 10.7. The van der Waals surface area contributed by atoms with Gasteiger partial charge in [0.05, 0.1) is 6.61 Å². The van der Waals surface area contributed by atoms with Gasteiger partial charge in [-0.3, -0.25) is 4.79 Å². The zero-order valence-corrected chi connectivity index (χ0v) is 13.7. The molecule has 0 heterocycles. The van der Waals surface area contributed by atoms with Crippen LogP contribution in [0.2, 0.25) is 0 Å². The molecule has 0 fully saturated rings. The molecule has 0 aliphatic rings. The summed E-state index contributed by atoms with van der Waals surface area (Å²) in [5, 5.41) is 6.14. The summed E-state index contributed by atoms with van der Waals surface area (Å²) in [5.41, 5.74) is 0.632. The van der Waals surface area contributed by atoms with Gasteiger partial charge in [-0.15, -0.1) is 12.4 Å². The molecule has 1 amide bonds. The fourth-order valence-corrected chi connectivity index (χ4v) is 1.71. The van der Waals surface area contributed by atoms with Crippen LogP contribution in [0, 0.1) is 0 Å². The van der Waals surface area contributed by atoms with Crippen molar-refractivity contribution in [2.24, 2.45) is 0 Å². The minimum absolute atomic E-state index is 0. The Hall–Kier alpha value is -1.30. The van der Waals surface area contributed by atoms with E-state index in [9.17, 15) is 4.79 Å². The minimum Gasteiger partial charge on any atom is -0.491 e. The summed E-state index contributed by atoms with van der Waals surface area (Å²) in [4.78, 5) is 11.9. The summed E-state index contributed by atoms with van der Waals surface area (Å²) in [5.74, 6) is 0.665. The molecule has 0 unspecified atom stereocenters. The minimum atomic E-state index is -0.0711. The van der Waals surface area contributed by atoms with Crippen molar-refractivity contribution in [3.63, 3.8) is 0 Å². The molecule has 0 aliphatic carbocycles. The molecule has 0 bridgehead atoms. The lowest BCUT2D eigenvalue weighted by Crippen LogP contribution is -2.38. The first-order valence-corrected chi connectivity index (χ1v) is 6.90. The largest absolute Gasteiger partial charge is 0.491 e. The number of ether oxygens (including phenoxy) is 2. The molecule has 1 atom stereocenters. The van der Waals surface area contributed by atoms with Gasteiger partial charge in [0.25, 0.3) is 5.91 Å². The summed E-state index contributed by atoms with van der Waals surface area (Å²) >= 11 is 0. The molecule has 2 N–H and O–H groups in total. The zero-order valence-electron chi connectivity index (χ0n) is 12.8. The smallest absolute Gasteiger partial charge is 0.251 e. The summed E-state index contributed by atoms with van der Waals surface area (Å²) in [6, 6.07) is 7.36. The van der Waals surface area contributed by atoms with Gasteiger partial charge in [-0.05, 0) is 37.7 Å². The molecule has 5 nitrogen and oxygen atoms in total. The maximum absolute atomic E-state index is 11.9. The maximum atomic E-state index is 11.9. The number of carbonyl (C=O) groups excluding carboxylic acids is 1. The quantitative estimate of drug-likeness (QED) is 0.683. The first kappa shape index (κ1) is 19.7. The Morgan fingerprint density at radius 2 is 1.90 bits per heavy atom. The van der Waals surface area contributed by atoms with Gasteiger partial charge in [-0.1, -0.05) is 6.92 Å². The molecule has 1 aromatic carbocycles. The Morgan fingerprint density at radius 1 is 1.24 bits per heavy atom. The highest BCUT2D eigenvalue weighted by atomic mass is 35.5. The lowest BCUT2D eigenvalue weighted by Gasteiger charge is -2.13. The fourth-order valence-electron chi connectivity index (χ4n) is 1.71. The van der Waals surface area contributed by atoms with Crippen molar-refractivity contribution in [1.29, 1.82) is 0 Å². The predicted molar refractivity (Wildman–Crippen MR) is 86.5 cm³/mol. The third kappa shape index (κ3) is 7.90. The summed E-state index contributed by atoms with van der Waals surface area (Å²) in [6.07, 6.45) is 0. The van der Waals surface area contributed by atoms with Crippen molar-refractivity contribution in [2.45, 2.75) is 19.9 Å². The summed E-state index contributed by atoms with van der Waals surface area (Å²) in [6.45, 7) is 6.63. The van der Waals surface area contributed by atoms with Gasteiger partial charge >= 0.3 is 0 Å². The molecule has 0 spiro atoms. The van der Waals surface area contributed by atoms with Crippen LogP contribution in [0.25, 0.3) is 0 Å². The highest BCUT2D eigenvalue weighted by molar-refractivity contribution is 5.94. The average molecular weight is 317 g/mol. The van der Waals surface area contributed by atoms with E-state index in [0.29, 0.717) is 25.3 Å². The molecule has 6 heteroatoms. The second-order valence-electron chi connectivity index (χ2n) is 4.53. The number of hydrogen-bond acceptors (Lipinski definition) is 4. The van der Waals surface area contributed by atoms with Crippen molar-refractivity contribution in [2.75, 3.05) is 33.4 Å². The molecule has 0 aromatic heterocycles. The fraction of sp³-hybridized carbons (Fsp3) is 0.533. The van der Waals surface area contributed by atoms with Crippen LogP contribution >= 0.6 is 12.4 Å². The standard InChI is InChI=1S/C15H24N2O3.ClH/c1-4-16-12(2)11-17-15(18)13-5-7-14(8-6-13)20-10-9-19-3;/h5-8,12,16H,4,9-11H2,1-3H3,(H,17,18);1H/t12-;/m1./s1. The number of amides is 1. The third-order valence-electron chi connectivity index (χ3n) is 2.79. The van der Waals surface area contributed by atoms with E-state index < -0.39 is 0 Å². The van der Waals surface area contributed by atoms with Crippen LogP contribution in [0.4, 0.5) is 0 Å². The monoisotopic (exact) mass is 316 g/mol. The van der Waals surface area contributed by atoms with Crippen molar-refractivity contribution in [3.05, 3.63) is 29.8 Å². The number of methoxy groups -OCH3 is 1. The van der Waals surface area contributed by atoms with Gasteiger partial charge in [0.15, 0.2) is 0 Å².